The molecule has 0 spiro atoms. The molecule has 11 heavy (non-hydrogen) atoms. The van der Waals surface area contributed by atoms with Gasteiger partial charge in [0.2, 0.25) is 0 Å². The first-order chi connectivity index (χ1) is 5.29. The molecule has 0 aliphatic rings. The molecule has 0 radical (unpaired) electrons. The predicted molar refractivity (Wildman–Crippen MR) is 41.3 cm³/mol. The van der Waals surface area contributed by atoms with E-state index < -0.39 is 0 Å². The average molecular weight is 148 g/mol. The number of furan rings is 1. The molecular formula is C8H8N2O. The van der Waals surface area contributed by atoms with Crippen LogP contribution >= 0.6 is 0 Å². The summed E-state index contributed by atoms with van der Waals surface area (Å²) in [7, 11) is 0. The second kappa shape index (κ2) is 2.05. The summed E-state index contributed by atoms with van der Waals surface area (Å²) in [5.41, 5.74) is 2.60. The summed E-state index contributed by atoms with van der Waals surface area (Å²) >= 11 is 0. The van der Waals surface area contributed by atoms with Gasteiger partial charge in [-0.25, -0.2) is 0 Å². The third kappa shape index (κ3) is 0.808. The fourth-order valence-corrected chi connectivity index (χ4v) is 1.12. The van der Waals surface area contributed by atoms with Gasteiger partial charge in [-0.3, -0.25) is 0 Å². The normalized spacial score (nSPS) is 10.7. The Balaban J connectivity index is 2.96. The number of rotatable bonds is 0. The van der Waals surface area contributed by atoms with Crippen LogP contribution in [0.25, 0.3) is 11.0 Å². The van der Waals surface area contributed by atoms with Gasteiger partial charge >= 0.3 is 0 Å². The number of hydrogen-bond donors (Lipinski definition) is 0. The van der Waals surface area contributed by atoms with E-state index in [1.165, 1.54) is 0 Å². The molecule has 0 bridgehead atoms. The number of hydrogen-bond acceptors (Lipinski definition) is 3. The lowest BCUT2D eigenvalue weighted by atomic mass is 10.2. The van der Waals surface area contributed by atoms with E-state index in [1.54, 1.807) is 6.26 Å². The van der Waals surface area contributed by atoms with Crippen molar-refractivity contribution in [3.05, 3.63) is 23.7 Å². The number of fused-ring (bicyclic) bond motifs is 1. The number of aryl methyl sites for hydroxylation is 2. The number of aromatic nitrogens is 2. The summed E-state index contributed by atoms with van der Waals surface area (Å²) in [4.78, 5) is 0. The summed E-state index contributed by atoms with van der Waals surface area (Å²) in [6.45, 7) is 3.81. The summed E-state index contributed by atoms with van der Waals surface area (Å²) in [5.74, 6) is 0. The molecule has 0 saturated carbocycles. The van der Waals surface area contributed by atoms with Crippen molar-refractivity contribution in [2.24, 2.45) is 0 Å². The van der Waals surface area contributed by atoms with Crippen LogP contribution in [0.4, 0.5) is 0 Å². The third-order valence-corrected chi connectivity index (χ3v) is 1.73. The van der Waals surface area contributed by atoms with Crippen LogP contribution in [0.3, 0.4) is 0 Å². The second-order valence-electron chi connectivity index (χ2n) is 2.53. The van der Waals surface area contributed by atoms with Gasteiger partial charge in [-0.05, 0) is 19.9 Å². The maximum Gasteiger partial charge on any atom is 0.158 e. The molecule has 0 aromatic carbocycles. The molecule has 2 rings (SSSR count). The highest BCUT2D eigenvalue weighted by molar-refractivity contribution is 5.80. The largest absolute Gasteiger partial charge is 0.462 e. The highest BCUT2D eigenvalue weighted by Gasteiger charge is 2.04. The van der Waals surface area contributed by atoms with Gasteiger partial charge in [0, 0.05) is 5.39 Å². The first-order valence-electron chi connectivity index (χ1n) is 3.46. The Hall–Kier alpha value is -1.38. The molecule has 0 aliphatic heterocycles. The summed E-state index contributed by atoms with van der Waals surface area (Å²) in [6, 6.07) is 1.91. The van der Waals surface area contributed by atoms with Crippen molar-refractivity contribution in [3.63, 3.8) is 0 Å². The van der Waals surface area contributed by atoms with E-state index in [0.717, 1.165) is 22.4 Å². The highest BCUT2D eigenvalue weighted by atomic mass is 16.3. The first-order valence-corrected chi connectivity index (χ1v) is 3.46. The fourth-order valence-electron chi connectivity index (χ4n) is 1.12. The van der Waals surface area contributed by atoms with Gasteiger partial charge in [0.1, 0.15) is 5.69 Å². The SMILES string of the molecule is Cc1nnc(C)c2occc12. The lowest BCUT2D eigenvalue weighted by molar-refractivity contribution is 0.609. The van der Waals surface area contributed by atoms with Gasteiger partial charge in [0.15, 0.2) is 5.58 Å². The zero-order valence-corrected chi connectivity index (χ0v) is 6.46. The smallest absolute Gasteiger partial charge is 0.158 e. The van der Waals surface area contributed by atoms with Gasteiger partial charge in [0.25, 0.3) is 0 Å². The van der Waals surface area contributed by atoms with E-state index in [4.69, 9.17) is 4.42 Å². The predicted octanol–water partition coefficient (Wildman–Crippen LogP) is 1.84. The van der Waals surface area contributed by atoms with Crippen LogP contribution in [0.1, 0.15) is 11.4 Å². The van der Waals surface area contributed by atoms with E-state index in [1.807, 2.05) is 19.9 Å². The van der Waals surface area contributed by atoms with Gasteiger partial charge in [-0.2, -0.15) is 10.2 Å². The Kier molecular flexibility index (Phi) is 1.18. The summed E-state index contributed by atoms with van der Waals surface area (Å²) < 4.78 is 5.23. The Morgan fingerprint density at radius 3 is 2.64 bits per heavy atom. The summed E-state index contributed by atoms with van der Waals surface area (Å²) in [5, 5.41) is 8.96. The van der Waals surface area contributed by atoms with Crippen LogP contribution in [-0.4, -0.2) is 10.2 Å². The topological polar surface area (TPSA) is 38.9 Å². The van der Waals surface area contributed by atoms with Gasteiger partial charge in [0.05, 0.1) is 12.0 Å². The van der Waals surface area contributed by atoms with Crippen molar-refractivity contribution in [3.8, 4) is 0 Å². The molecule has 3 nitrogen and oxygen atoms in total. The molecule has 0 saturated heterocycles. The molecule has 2 heterocycles. The maximum absolute atomic E-state index is 5.23. The molecule has 2 aromatic heterocycles. The van der Waals surface area contributed by atoms with Crippen LogP contribution in [0.15, 0.2) is 16.7 Å². The third-order valence-electron chi connectivity index (χ3n) is 1.73. The van der Waals surface area contributed by atoms with Gasteiger partial charge in [-0.15, -0.1) is 0 Å². The Morgan fingerprint density at radius 2 is 1.91 bits per heavy atom. The minimum absolute atomic E-state index is 0.843. The van der Waals surface area contributed by atoms with Crippen molar-refractivity contribution < 1.29 is 4.42 Å². The van der Waals surface area contributed by atoms with Gasteiger partial charge < -0.3 is 4.42 Å². The van der Waals surface area contributed by atoms with Crippen molar-refractivity contribution in [2.75, 3.05) is 0 Å². The molecule has 0 unspecified atom stereocenters. The quantitative estimate of drug-likeness (QED) is 0.572. The highest BCUT2D eigenvalue weighted by Crippen LogP contribution is 2.18. The number of nitrogens with zero attached hydrogens (tertiary/aromatic N) is 2. The standard InChI is InChI=1S/C8H8N2O/c1-5-7-3-4-11-8(7)6(2)10-9-5/h3-4H,1-2H3. The molecule has 0 amide bonds. The summed E-state index contributed by atoms with van der Waals surface area (Å²) in [6.07, 6.45) is 1.66. The van der Waals surface area contributed by atoms with Gasteiger partial charge in [-0.1, -0.05) is 0 Å². The molecule has 0 aliphatic carbocycles. The van der Waals surface area contributed by atoms with Crippen LogP contribution in [0.5, 0.6) is 0 Å². The zero-order chi connectivity index (χ0) is 7.84. The van der Waals surface area contributed by atoms with Crippen LogP contribution < -0.4 is 0 Å². The Bertz CT molecular complexity index is 356. The minimum atomic E-state index is 0.843. The van der Waals surface area contributed by atoms with Crippen molar-refractivity contribution in [1.29, 1.82) is 0 Å². The van der Waals surface area contributed by atoms with E-state index in [2.05, 4.69) is 10.2 Å². The van der Waals surface area contributed by atoms with E-state index >= 15 is 0 Å². The molecule has 0 atom stereocenters. The zero-order valence-electron chi connectivity index (χ0n) is 6.46. The lowest BCUT2D eigenvalue weighted by Crippen LogP contribution is -1.89. The molecule has 3 heteroatoms. The second-order valence-corrected chi connectivity index (χ2v) is 2.53. The van der Waals surface area contributed by atoms with Crippen LogP contribution in [0, 0.1) is 13.8 Å². The fraction of sp³-hybridized carbons (Fsp3) is 0.250. The Labute approximate surface area is 64.0 Å². The van der Waals surface area contributed by atoms with E-state index in [9.17, 15) is 0 Å². The van der Waals surface area contributed by atoms with Crippen molar-refractivity contribution in [2.45, 2.75) is 13.8 Å². The molecule has 0 N–H and O–H groups in total. The lowest BCUT2D eigenvalue weighted by Gasteiger charge is -1.94. The van der Waals surface area contributed by atoms with Crippen molar-refractivity contribution >= 4 is 11.0 Å². The van der Waals surface area contributed by atoms with E-state index in [-0.39, 0.29) is 0 Å². The Morgan fingerprint density at radius 1 is 1.18 bits per heavy atom. The van der Waals surface area contributed by atoms with Crippen LogP contribution in [0.2, 0.25) is 0 Å². The van der Waals surface area contributed by atoms with E-state index in [0.29, 0.717) is 0 Å². The average Bonchev–Trinajstić information content (AvgIpc) is 2.45. The minimum Gasteiger partial charge on any atom is -0.462 e. The van der Waals surface area contributed by atoms with Crippen molar-refractivity contribution in [1.82, 2.24) is 10.2 Å². The molecule has 0 fully saturated rings. The molecular weight excluding hydrogens is 140 g/mol. The monoisotopic (exact) mass is 148 g/mol. The first kappa shape index (κ1) is 6.34. The molecule has 56 valence electrons. The van der Waals surface area contributed by atoms with Crippen LogP contribution in [-0.2, 0) is 0 Å². The molecule has 2 aromatic rings. The maximum atomic E-state index is 5.23.